The average Bonchev–Trinajstić information content (AvgIpc) is 2.12. The van der Waals surface area contributed by atoms with Gasteiger partial charge in [-0.2, -0.15) is 0 Å². The minimum Gasteiger partial charge on any atom is -0.368 e. The summed E-state index contributed by atoms with van der Waals surface area (Å²) < 4.78 is 0.855. The smallest absolute Gasteiger partial charge is 0.239 e. The molecule has 1 aromatic rings. The molecule has 0 saturated carbocycles. The summed E-state index contributed by atoms with van der Waals surface area (Å²) in [5.74, 6) is 0.233. The molecule has 0 aromatic carbocycles. The lowest BCUT2D eigenvalue weighted by Gasteiger charge is -2.12. The number of halogens is 1. The molecule has 0 aliphatic heterocycles. The maximum Gasteiger partial charge on any atom is 0.239 e. The Kier molecular flexibility index (Phi) is 3.46. The molecule has 1 amide bonds. The SMILES string of the molecule is Cc1ccnc(NC(C)C(N)=O)c1Br. The maximum atomic E-state index is 10.8. The van der Waals surface area contributed by atoms with E-state index >= 15 is 0 Å². The first-order valence-electron chi connectivity index (χ1n) is 4.19. The fourth-order valence-corrected chi connectivity index (χ4v) is 1.27. The number of anilines is 1. The lowest BCUT2D eigenvalue weighted by atomic mass is 10.2. The van der Waals surface area contributed by atoms with Gasteiger partial charge in [-0.05, 0) is 41.4 Å². The molecule has 0 radical (unpaired) electrons. The molecule has 1 heterocycles. The summed E-state index contributed by atoms with van der Waals surface area (Å²) in [6, 6.07) is 1.45. The molecule has 1 unspecified atom stereocenters. The zero-order valence-electron chi connectivity index (χ0n) is 8.04. The molecule has 0 aliphatic carbocycles. The van der Waals surface area contributed by atoms with Crippen molar-refractivity contribution in [3.05, 3.63) is 22.3 Å². The van der Waals surface area contributed by atoms with Crippen LogP contribution in [0.4, 0.5) is 5.82 Å². The van der Waals surface area contributed by atoms with Gasteiger partial charge in [-0.25, -0.2) is 4.98 Å². The van der Waals surface area contributed by atoms with Gasteiger partial charge in [0.05, 0.1) is 4.47 Å². The van der Waals surface area contributed by atoms with Gasteiger partial charge in [0.25, 0.3) is 0 Å². The highest BCUT2D eigenvalue weighted by Gasteiger charge is 2.11. The number of nitrogens with two attached hydrogens (primary N) is 1. The second-order valence-corrected chi connectivity index (χ2v) is 3.85. The Bertz CT molecular complexity index is 354. The van der Waals surface area contributed by atoms with Crippen LogP contribution in [0, 0.1) is 6.92 Å². The lowest BCUT2D eigenvalue weighted by molar-refractivity contribution is -0.118. The van der Waals surface area contributed by atoms with Crippen LogP contribution in [0.25, 0.3) is 0 Å². The molecular weight excluding hydrogens is 246 g/mol. The van der Waals surface area contributed by atoms with Gasteiger partial charge in [0.15, 0.2) is 0 Å². The third-order valence-corrected chi connectivity index (χ3v) is 2.86. The predicted molar refractivity (Wildman–Crippen MR) is 59.0 cm³/mol. The highest BCUT2D eigenvalue weighted by atomic mass is 79.9. The molecule has 0 saturated heterocycles. The van der Waals surface area contributed by atoms with Gasteiger partial charge in [0.1, 0.15) is 11.9 Å². The van der Waals surface area contributed by atoms with Gasteiger partial charge in [0, 0.05) is 6.20 Å². The number of aromatic nitrogens is 1. The molecule has 76 valence electrons. The number of carbonyl (C=O) groups is 1. The monoisotopic (exact) mass is 257 g/mol. The van der Waals surface area contributed by atoms with Crippen molar-refractivity contribution in [2.75, 3.05) is 5.32 Å². The number of primary amides is 1. The normalized spacial score (nSPS) is 12.2. The number of hydrogen-bond acceptors (Lipinski definition) is 3. The van der Waals surface area contributed by atoms with E-state index in [-0.39, 0.29) is 0 Å². The highest BCUT2D eigenvalue weighted by Crippen LogP contribution is 2.23. The van der Waals surface area contributed by atoms with Crippen LogP contribution in [-0.2, 0) is 4.79 Å². The number of pyridine rings is 1. The Labute approximate surface area is 91.0 Å². The molecule has 1 rings (SSSR count). The van der Waals surface area contributed by atoms with E-state index in [4.69, 9.17) is 5.73 Å². The minimum absolute atomic E-state index is 0.403. The summed E-state index contributed by atoms with van der Waals surface area (Å²) in [5.41, 5.74) is 6.18. The van der Waals surface area contributed by atoms with E-state index in [9.17, 15) is 4.79 Å². The fourth-order valence-electron chi connectivity index (χ4n) is 0.917. The first kappa shape index (κ1) is 11.0. The van der Waals surface area contributed by atoms with Gasteiger partial charge < -0.3 is 11.1 Å². The Balaban J connectivity index is 2.87. The predicted octanol–water partition coefficient (Wildman–Crippen LogP) is 1.44. The summed E-state index contributed by atoms with van der Waals surface area (Å²) in [4.78, 5) is 14.9. The number of aryl methyl sites for hydroxylation is 1. The molecule has 0 aliphatic rings. The lowest BCUT2D eigenvalue weighted by Crippen LogP contribution is -2.32. The van der Waals surface area contributed by atoms with Crippen LogP contribution >= 0.6 is 15.9 Å². The van der Waals surface area contributed by atoms with Crippen LogP contribution in [0.3, 0.4) is 0 Å². The Hall–Kier alpha value is -1.10. The largest absolute Gasteiger partial charge is 0.368 e. The number of rotatable bonds is 3. The van der Waals surface area contributed by atoms with E-state index in [1.807, 2.05) is 13.0 Å². The average molecular weight is 258 g/mol. The van der Waals surface area contributed by atoms with Crippen molar-refractivity contribution in [2.24, 2.45) is 5.73 Å². The molecule has 0 fully saturated rings. The number of carbonyl (C=O) groups excluding carboxylic acids is 1. The van der Waals surface area contributed by atoms with Crippen molar-refractivity contribution in [1.82, 2.24) is 4.98 Å². The zero-order valence-corrected chi connectivity index (χ0v) is 9.63. The molecule has 5 heteroatoms. The molecule has 1 aromatic heterocycles. The van der Waals surface area contributed by atoms with Crippen molar-refractivity contribution >= 4 is 27.7 Å². The second kappa shape index (κ2) is 4.41. The number of hydrogen-bond donors (Lipinski definition) is 2. The first-order valence-corrected chi connectivity index (χ1v) is 4.98. The molecular formula is C9H12BrN3O. The Morgan fingerprint density at radius 2 is 2.36 bits per heavy atom. The van der Waals surface area contributed by atoms with E-state index in [0.717, 1.165) is 10.0 Å². The maximum absolute atomic E-state index is 10.8. The summed E-state index contributed by atoms with van der Waals surface area (Å²) in [7, 11) is 0. The number of nitrogens with one attached hydrogen (secondary N) is 1. The van der Waals surface area contributed by atoms with E-state index in [1.165, 1.54) is 0 Å². The van der Waals surface area contributed by atoms with Gasteiger partial charge >= 0.3 is 0 Å². The van der Waals surface area contributed by atoms with Crippen LogP contribution in [0.15, 0.2) is 16.7 Å². The molecule has 14 heavy (non-hydrogen) atoms. The molecule has 3 N–H and O–H groups in total. The Morgan fingerprint density at radius 1 is 1.71 bits per heavy atom. The topological polar surface area (TPSA) is 68.0 Å². The third kappa shape index (κ3) is 2.45. The summed E-state index contributed by atoms with van der Waals surface area (Å²) in [5, 5.41) is 2.92. The van der Waals surface area contributed by atoms with Crippen molar-refractivity contribution in [2.45, 2.75) is 19.9 Å². The van der Waals surface area contributed by atoms with Crippen LogP contribution in [0.5, 0.6) is 0 Å². The van der Waals surface area contributed by atoms with E-state index in [2.05, 4.69) is 26.2 Å². The van der Waals surface area contributed by atoms with Crippen LogP contribution in [0.2, 0.25) is 0 Å². The molecule has 0 spiro atoms. The van der Waals surface area contributed by atoms with Crippen LogP contribution in [0.1, 0.15) is 12.5 Å². The van der Waals surface area contributed by atoms with Crippen molar-refractivity contribution in [3.8, 4) is 0 Å². The van der Waals surface area contributed by atoms with Crippen molar-refractivity contribution in [1.29, 1.82) is 0 Å². The van der Waals surface area contributed by atoms with Crippen molar-refractivity contribution in [3.63, 3.8) is 0 Å². The summed E-state index contributed by atoms with van der Waals surface area (Å²) >= 11 is 3.38. The first-order chi connectivity index (χ1) is 6.52. The third-order valence-electron chi connectivity index (χ3n) is 1.86. The number of nitrogens with zero attached hydrogens (tertiary/aromatic N) is 1. The van der Waals surface area contributed by atoms with Crippen LogP contribution < -0.4 is 11.1 Å². The molecule has 4 nitrogen and oxygen atoms in total. The van der Waals surface area contributed by atoms with Gasteiger partial charge in [-0.15, -0.1) is 0 Å². The quantitative estimate of drug-likeness (QED) is 0.861. The summed E-state index contributed by atoms with van der Waals surface area (Å²) in [6.07, 6.45) is 1.68. The molecule has 0 bridgehead atoms. The minimum atomic E-state index is -0.430. The molecule has 1 atom stereocenters. The van der Waals surface area contributed by atoms with Crippen molar-refractivity contribution < 1.29 is 4.79 Å². The zero-order chi connectivity index (χ0) is 10.7. The standard InChI is InChI=1S/C9H12BrN3O/c1-5-3-4-12-9(7(5)10)13-6(2)8(11)14/h3-4,6H,1-2H3,(H2,11,14)(H,12,13). The second-order valence-electron chi connectivity index (χ2n) is 3.06. The number of amides is 1. The van der Waals surface area contributed by atoms with E-state index in [1.54, 1.807) is 13.1 Å². The van der Waals surface area contributed by atoms with Crippen LogP contribution in [-0.4, -0.2) is 16.9 Å². The summed E-state index contributed by atoms with van der Waals surface area (Å²) in [6.45, 7) is 3.64. The van der Waals surface area contributed by atoms with E-state index in [0.29, 0.717) is 5.82 Å². The van der Waals surface area contributed by atoms with Gasteiger partial charge in [-0.1, -0.05) is 0 Å². The highest BCUT2D eigenvalue weighted by molar-refractivity contribution is 9.10. The fraction of sp³-hybridized carbons (Fsp3) is 0.333. The van der Waals surface area contributed by atoms with Gasteiger partial charge in [0.2, 0.25) is 5.91 Å². The van der Waals surface area contributed by atoms with Gasteiger partial charge in [-0.3, -0.25) is 4.79 Å². The Morgan fingerprint density at radius 3 is 2.93 bits per heavy atom. The van der Waals surface area contributed by atoms with E-state index < -0.39 is 11.9 Å².